The molecule has 1 saturated carbocycles. The standard InChI is InChI=1S/C12H14O2/c1-9-3-2-4-12(5-9)14-8-10-6-11(13)7-10/h2-5,10H,6-8H2,1H3. The smallest absolute Gasteiger partial charge is 0.133 e. The van der Waals surface area contributed by atoms with Crippen LogP contribution in [0.5, 0.6) is 5.75 Å². The van der Waals surface area contributed by atoms with Crippen LogP contribution in [-0.2, 0) is 4.79 Å². The average molecular weight is 190 g/mol. The summed E-state index contributed by atoms with van der Waals surface area (Å²) in [6, 6.07) is 7.99. The number of Topliss-reactive ketones (excluding diaryl/α,β-unsaturated/α-hetero) is 1. The van der Waals surface area contributed by atoms with Crippen molar-refractivity contribution in [3.63, 3.8) is 0 Å². The zero-order valence-corrected chi connectivity index (χ0v) is 8.32. The Labute approximate surface area is 83.9 Å². The van der Waals surface area contributed by atoms with Gasteiger partial charge in [-0.25, -0.2) is 0 Å². The van der Waals surface area contributed by atoms with Gasteiger partial charge in [0, 0.05) is 18.8 Å². The summed E-state index contributed by atoms with van der Waals surface area (Å²) in [6.45, 7) is 2.72. The molecular weight excluding hydrogens is 176 g/mol. The van der Waals surface area contributed by atoms with E-state index in [1.807, 2.05) is 31.2 Å². The van der Waals surface area contributed by atoms with Gasteiger partial charge >= 0.3 is 0 Å². The molecule has 1 aromatic rings. The van der Waals surface area contributed by atoms with Crippen LogP contribution in [-0.4, -0.2) is 12.4 Å². The molecule has 0 bridgehead atoms. The summed E-state index contributed by atoms with van der Waals surface area (Å²) in [4.78, 5) is 10.7. The fourth-order valence-corrected chi connectivity index (χ4v) is 1.62. The quantitative estimate of drug-likeness (QED) is 0.731. The van der Waals surface area contributed by atoms with Gasteiger partial charge in [-0.05, 0) is 24.6 Å². The van der Waals surface area contributed by atoms with E-state index >= 15 is 0 Å². The van der Waals surface area contributed by atoms with Gasteiger partial charge in [-0.2, -0.15) is 0 Å². The van der Waals surface area contributed by atoms with Crippen molar-refractivity contribution in [2.24, 2.45) is 5.92 Å². The fourth-order valence-electron chi connectivity index (χ4n) is 1.62. The third-order valence-electron chi connectivity index (χ3n) is 2.51. The highest BCUT2D eigenvalue weighted by molar-refractivity contribution is 5.84. The van der Waals surface area contributed by atoms with Crippen molar-refractivity contribution in [1.29, 1.82) is 0 Å². The van der Waals surface area contributed by atoms with Crippen LogP contribution in [0.25, 0.3) is 0 Å². The molecule has 0 spiro atoms. The first-order chi connectivity index (χ1) is 6.74. The molecule has 74 valence electrons. The van der Waals surface area contributed by atoms with Gasteiger partial charge in [0.05, 0.1) is 6.61 Å². The Hall–Kier alpha value is -1.31. The maximum atomic E-state index is 10.7. The Morgan fingerprint density at radius 1 is 1.43 bits per heavy atom. The fraction of sp³-hybridized carbons (Fsp3) is 0.417. The molecule has 2 rings (SSSR count). The van der Waals surface area contributed by atoms with Crippen LogP contribution < -0.4 is 4.74 Å². The lowest BCUT2D eigenvalue weighted by molar-refractivity contribution is -0.127. The third kappa shape index (κ3) is 2.13. The molecule has 0 unspecified atom stereocenters. The summed E-state index contributed by atoms with van der Waals surface area (Å²) >= 11 is 0. The number of rotatable bonds is 3. The van der Waals surface area contributed by atoms with E-state index in [4.69, 9.17) is 4.74 Å². The predicted molar refractivity (Wildman–Crippen MR) is 54.4 cm³/mol. The van der Waals surface area contributed by atoms with Gasteiger partial charge in [0.1, 0.15) is 11.5 Å². The molecule has 0 heterocycles. The molecule has 1 fully saturated rings. The van der Waals surface area contributed by atoms with Gasteiger partial charge in [0.2, 0.25) is 0 Å². The lowest BCUT2D eigenvalue weighted by Crippen LogP contribution is -2.28. The summed E-state index contributed by atoms with van der Waals surface area (Å²) < 4.78 is 5.59. The SMILES string of the molecule is Cc1cccc(OCC2CC(=O)C2)c1. The molecular formula is C12H14O2. The minimum atomic E-state index is 0.364. The van der Waals surface area contributed by atoms with Gasteiger partial charge in [0.15, 0.2) is 0 Å². The molecule has 0 atom stereocenters. The minimum absolute atomic E-state index is 0.364. The number of hydrogen-bond acceptors (Lipinski definition) is 2. The van der Waals surface area contributed by atoms with Crippen molar-refractivity contribution >= 4 is 5.78 Å². The summed E-state index contributed by atoms with van der Waals surface area (Å²) in [6.07, 6.45) is 1.40. The molecule has 1 aliphatic carbocycles. The van der Waals surface area contributed by atoms with Crippen molar-refractivity contribution in [3.8, 4) is 5.75 Å². The van der Waals surface area contributed by atoms with Crippen molar-refractivity contribution in [3.05, 3.63) is 29.8 Å². The topological polar surface area (TPSA) is 26.3 Å². The number of ketones is 1. The van der Waals surface area contributed by atoms with E-state index in [-0.39, 0.29) is 0 Å². The highest BCUT2D eigenvalue weighted by Gasteiger charge is 2.26. The van der Waals surface area contributed by atoms with Crippen molar-refractivity contribution in [2.75, 3.05) is 6.61 Å². The van der Waals surface area contributed by atoms with Crippen LogP contribution in [0.4, 0.5) is 0 Å². The summed E-state index contributed by atoms with van der Waals surface area (Å²) in [7, 11) is 0. The minimum Gasteiger partial charge on any atom is -0.493 e. The lowest BCUT2D eigenvalue weighted by Gasteiger charge is -2.23. The average Bonchev–Trinajstić information content (AvgIpc) is 2.11. The summed E-state index contributed by atoms with van der Waals surface area (Å²) in [5, 5.41) is 0. The number of carbonyl (C=O) groups is 1. The molecule has 0 N–H and O–H groups in total. The first-order valence-electron chi connectivity index (χ1n) is 4.95. The zero-order chi connectivity index (χ0) is 9.97. The van der Waals surface area contributed by atoms with Crippen LogP contribution in [0, 0.1) is 12.8 Å². The lowest BCUT2D eigenvalue weighted by atomic mass is 9.85. The van der Waals surface area contributed by atoms with E-state index in [0.717, 1.165) is 5.75 Å². The highest BCUT2D eigenvalue weighted by Crippen LogP contribution is 2.24. The maximum absolute atomic E-state index is 10.7. The van der Waals surface area contributed by atoms with Crippen LogP contribution in [0.1, 0.15) is 18.4 Å². The monoisotopic (exact) mass is 190 g/mol. The normalized spacial score (nSPS) is 16.5. The Morgan fingerprint density at radius 2 is 2.21 bits per heavy atom. The zero-order valence-electron chi connectivity index (χ0n) is 8.32. The third-order valence-corrected chi connectivity index (χ3v) is 2.51. The molecule has 14 heavy (non-hydrogen) atoms. The number of aryl methyl sites for hydroxylation is 1. The van der Waals surface area contributed by atoms with Crippen molar-refractivity contribution in [2.45, 2.75) is 19.8 Å². The van der Waals surface area contributed by atoms with Gasteiger partial charge in [0.25, 0.3) is 0 Å². The Kier molecular flexibility index (Phi) is 2.53. The molecule has 1 aliphatic rings. The Bertz CT molecular complexity index is 336. The Morgan fingerprint density at radius 3 is 2.86 bits per heavy atom. The molecule has 0 saturated heterocycles. The van der Waals surface area contributed by atoms with Gasteiger partial charge in [-0.1, -0.05) is 12.1 Å². The van der Waals surface area contributed by atoms with E-state index in [1.165, 1.54) is 5.56 Å². The molecule has 1 aromatic carbocycles. The van der Waals surface area contributed by atoms with E-state index < -0.39 is 0 Å². The summed E-state index contributed by atoms with van der Waals surface area (Å²) in [5.41, 5.74) is 1.20. The molecule has 0 aliphatic heterocycles. The first kappa shape index (κ1) is 9.25. The van der Waals surface area contributed by atoms with E-state index in [2.05, 4.69) is 0 Å². The second-order valence-corrected chi connectivity index (χ2v) is 3.94. The number of hydrogen-bond donors (Lipinski definition) is 0. The number of benzene rings is 1. The van der Waals surface area contributed by atoms with E-state index in [0.29, 0.717) is 31.1 Å². The van der Waals surface area contributed by atoms with E-state index in [9.17, 15) is 4.79 Å². The molecule has 0 amide bonds. The van der Waals surface area contributed by atoms with E-state index in [1.54, 1.807) is 0 Å². The maximum Gasteiger partial charge on any atom is 0.133 e. The second-order valence-electron chi connectivity index (χ2n) is 3.94. The van der Waals surface area contributed by atoms with Gasteiger partial charge in [-0.15, -0.1) is 0 Å². The summed E-state index contributed by atoms with van der Waals surface area (Å²) in [5.74, 6) is 1.72. The van der Waals surface area contributed by atoms with Crippen molar-refractivity contribution < 1.29 is 9.53 Å². The second kappa shape index (κ2) is 3.82. The van der Waals surface area contributed by atoms with Crippen LogP contribution in [0.3, 0.4) is 0 Å². The largest absolute Gasteiger partial charge is 0.493 e. The van der Waals surface area contributed by atoms with Crippen LogP contribution in [0.2, 0.25) is 0 Å². The van der Waals surface area contributed by atoms with Crippen LogP contribution in [0.15, 0.2) is 24.3 Å². The first-order valence-corrected chi connectivity index (χ1v) is 4.95. The Balaban J connectivity index is 1.83. The van der Waals surface area contributed by atoms with Gasteiger partial charge in [-0.3, -0.25) is 4.79 Å². The number of ether oxygens (including phenoxy) is 1. The molecule has 0 aromatic heterocycles. The highest BCUT2D eigenvalue weighted by atomic mass is 16.5. The van der Waals surface area contributed by atoms with Crippen LogP contribution >= 0.6 is 0 Å². The number of carbonyl (C=O) groups excluding carboxylic acids is 1. The van der Waals surface area contributed by atoms with Crippen molar-refractivity contribution in [1.82, 2.24) is 0 Å². The molecule has 0 radical (unpaired) electrons. The predicted octanol–water partition coefficient (Wildman–Crippen LogP) is 2.35. The molecule has 2 heteroatoms. The van der Waals surface area contributed by atoms with Gasteiger partial charge < -0.3 is 4.74 Å². The molecule has 2 nitrogen and oxygen atoms in total.